The molecule has 0 spiro atoms. The molecule has 3 N–H and O–H groups in total. The predicted octanol–water partition coefficient (Wildman–Crippen LogP) is 3.86. The van der Waals surface area contributed by atoms with Crippen LogP contribution in [0.2, 0.25) is 0 Å². The van der Waals surface area contributed by atoms with Gasteiger partial charge >= 0.3 is 0 Å². The summed E-state index contributed by atoms with van der Waals surface area (Å²) in [6.45, 7) is 15.6. The molecule has 33 heavy (non-hydrogen) atoms. The van der Waals surface area contributed by atoms with Gasteiger partial charge in [0.15, 0.2) is 17.5 Å². The average molecular weight is 576 g/mol. The minimum atomic E-state index is -0.285. The number of rotatable bonds is 10. The van der Waals surface area contributed by atoms with Crippen LogP contribution >= 0.6 is 24.0 Å². The fourth-order valence-electron chi connectivity index (χ4n) is 3.33. The summed E-state index contributed by atoms with van der Waals surface area (Å²) < 4.78 is 11.5. The van der Waals surface area contributed by atoms with Crippen LogP contribution in [0.1, 0.15) is 53.9 Å². The standard InChI is InChI=1S/C24H41N5O3.HI/c1-6-29(7-2)14-9-8-13-25-23(26-18-22(30)28-24(3,4)5)27-19-11-12-20-21(17-19)32-16-10-15-31-20;/h11-12,17H,6-10,13-16,18H2,1-5H3,(H,28,30)(H2,25,26,27);1H. The van der Waals surface area contributed by atoms with Crippen molar-refractivity contribution in [3.05, 3.63) is 18.2 Å². The highest BCUT2D eigenvalue weighted by molar-refractivity contribution is 14.0. The first-order chi connectivity index (χ1) is 15.3. The summed E-state index contributed by atoms with van der Waals surface area (Å²) >= 11 is 0. The molecule has 0 aliphatic carbocycles. The number of nitrogens with one attached hydrogen (secondary N) is 3. The number of aliphatic imine (C=N–C) groups is 1. The molecule has 1 heterocycles. The van der Waals surface area contributed by atoms with Gasteiger partial charge in [0, 0.05) is 30.3 Å². The van der Waals surface area contributed by atoms with E-state index >= 15 is 0 Å². The van der Waals surface area contributed by atoms with E-state index < -0.39 is 0 Å². The van der Waals surface area contributed by atoms with Crippen molar-refractivity contribution in [3.63, 3.8) is 0 Å². The number of benzene rings is 1. The number of halogens is 1. The first-order valence-corrected chi connectivity index (χ1v) is 11.8. The number of guanidine groups is 1. The summed E-state index contributed by atoms with van der Waals surface area (Å²) in [5, 5.41) is 9.60. The summed E-state index contributed by atoms with van der Waals surface area (Å²) in [5.74, 6) is 1.93. The summed E-state index contributed by atoms with van der Waals surface area (Å²) in [7, 11) is 0. The van der Waals surface area contributed by atoms with Gasteiger partial charge in [0.05, 0.1) is 13.2 Å². The minimum absolute atomic E-state index is 0. The lowest BCUT2D eigenvalue weighted by Gasteiger charge is -2.20. The Morgan fingerprint density at radius 3 is 2.45 bits per heavy atom. The molecule has 0 unspecified atom stereocenters. The highest BCUT2D eigenvalue weighted by atomic mass is 127. The molecule has 0 saturated carbocycles. The number of fused-ring (bicyclic) bond motifs is 1. The molecule has 2 rings (SSSR count). The number of anilines is 1. The number of unbranched alkanes of at least 4 members (excludes halogenated alkanes) is 1. The second-order valence-corrected chi connectivity index (χ2v) is 8.96. The van der Waals surface area contributed by atoms with Crippen LogP contribution in [0.25, 0.3) is 0 Å². The maximum absolute atomic E-state index is 12.2. The first kappa shape index (κ1) is 29.3. The van der Waals surface area contributed by atoms with Crippen LogP contribution in [0, 0.1) is 0 Å². The smallest absolute Gasteiger partial charge is 0.242 e. The highest BCUT2D eigenvalue weighted by Crippen LogP contribution is 2.32. The van der Waals surface area contributed by atoms with Gasteiger partial charge in [-0.05, 0) is 65.4 Å². The van der Waals surface area contributed by atoms with Crippen molar-refractivity contribution in [1.82, 2.24) is 15.5 Å². The van der Waals surface area contributed by atoms with Gasteiger partial charge in [0.2, 0.25) is 5.91 Å². The van der Waals surface area contributed by atoms with Crippen LogP contribution in [0.5, 0.6) is 11.5 Å². The van der Waals surface area contributed by atoms with Gasteiger partial charge in [-0.1, -0.05) is 13.8 Å². The molecule has 1 amide bonds. The Balaban J connectivity index is 0.00000544. The van der Waals surface area contributed by atoms with Crippen LogP contribution < -0.4 is 25.4 Å². The normalized spacial score (nSPS) is 13.7. The van der Waals surface area contributed by atoms with Gasteiger partial charge in [0.1, 0.15) is 6.54 Å². The lowest BCUT2D eigenvalue weighted by molar-refractivity contribution is -0.121. The number of carbonyl (C=O) groups is 1. The summed E-state index contributed by atoms with van der Waals surface area (Å²) in [6.07, 6.45) is 2.99. The molecule has 1 aromatic rings. The Hall–Kier alpha value is -1.75. The number of amides is 1. The van der Waals surface area contributed by atoms with Crippen molar-refractivity contribution >= 4 is 41.5 Å². The first-order valence-electron chi connectivity index (χ1n) is 11.8. The Labute approximate surface area is 216 Å². The Morgan fingerprint density at radius 1 is 1.09 bits per heavy atom. The van der Waals surface area contributed by atoms with E-state index in [9.17, 15) is 4.79 Å². The Bertz CT molecular complexity index is 748. The second-order valence-electron chi connectivity index (χ2n) is 8.96. The Kier molecular flexibility index (Phi) is 13.5. The van der Waals surface area contributed by atoms with Crippen molar-refractivity contribution in [2.45, 2.75) is 59.4 Å². The molecule has 188 valence electrons. The zero-order valence-corrected chi connectivity index (χ0v) is 23.2. The van der Waals surface area contributed by atoms with Crippen LogP contribution in [-0.4, -0.2) is 68.2 Å². The van der Waals surface area contributed by atoms with Crippen molar-refractivity contribution in [2.24, 2.45) is 4.99 Å². The maximum Gasteiger partial charge on any atom is 0.242 e. The van der Waals surface area contributed by atoms with Crippen LogP contribution in [-0.2, 0) is 4.79 Å². The lowest BCUT2D eigenvalue weighted by atomic mass is 10.1. The van der Waals surface area contributed by atoms with Crippen LogP contribution in [0.4, 0.5) is 5.69 Å². The molecule has 8 nitrogen and oxygen atoms in total. The molecule has 0 radical (unpaired) electrons. The van der Waals surface area contributed by atoms with Gasteiger partial charge in [-0.2, -0.15) is 0 Å². The van der Waals surface area contributed by atoms with Crippen molar-refractivity contribution in [2.75, 3.05) is 51.3 Å². The minimum Gasteiger partial charge on any atom is -0.490 e. The monoisotopic (exact) mass is 575 g/mol. The van der Waals surface area contributed by atoms with Gasteiger partial charge in [0.25, 0.3) is 0 Å². The Morgan fingerprint density at radius 2 is 1.79 bits per heavy atom. The van der Waals surface area contributed by atoms with Crippen molar-refractivity contribution < 1.29 is 14.3 Å². The van der Waals surface area contributed by atoms with Gasteiger partial charge < -0.3 is 30.3 Å². The maximum atomic E-state index is 12.2. The van der Waals surface area contributed by atoms with E-state index in [0.29, 0.717) is 19.2 Å². The van der Waals surface area contributed by atoms with Crippen LogP contribution in [0.3, 0.4) is 0 Å². The average Bonchev–Trinajstić information content (AvgIpc) is 2.98. The summed E-state index contributed by atoms with van der Waals surface area (Å²) in [4.78, 5) is 19.2. The fourth-order valence-corrected chi connectivity index (χ4v) is 3.33. The van der Waals surface area contributed by atoms with E-state index in [0.717, 1.165) is 62.6 Å². The summed E-state index contributed by atoms with van der Waals surface area (Å²) in [5.41, 5.74) is 0.548. The molecule has 1 aliphatic rings. The topological polar surface area (TPSA) is 87.2 Å². The molecule has 0 bridgehead atoms. The van der Waals surface area contributed by atoms with E-state index in [1.54, 1.807) is 0 Å². The van der Waals surface area contributed by atoms with Crippen LogP contribution in [0.15, 0.2) is 23.2 Å². The third kappa shape index (κ3) is 11.8. The highest BCUT2D eigenvalue weighted by Gasteiger charge is 2.14. The molecule has 0 atom stereocenters. The lowest BCUT2D eigenvalue weighted by Crippen LogP contribution is -2.42. The van der Waals surface area contributed by atoms with E-state index in [1.165, 1.54) is 0 Å². The number of nitrogens with zero attached hydrogens (tertiary/aromatic N) is 2. The number of hydrogen-bond acceptors (Lipinski definition) is 5. The van der Waals surface area contributed by atoms with Crippen molar-refractivity contribution in [3.8, 4) is 11.5 Å². The zero-order chi connectivity index (χ0) is 23.4. The van der Waals surface area contributed by atoms with Gasteiger partial charge in [-0.3, -0.25) is 4.79 Å². The molecule has 1 aromatic carbocycles. The quantitative estimate of drug-likeness (QED) is 0.170. The fraction of sp³-hybridized carbons (Fsp3) is 0.667. The van der Waals surface area contributed by atoms with Gasteiger partial charge in [-0.15, -0.1) is 24.0 Å². The SMILES string of the molecule is CCN(CC)CCCCNC(=NCC(=O)NC(C)(C)C)Nc1ccc2c(c1)OCCCO2.I. The number of hydrogen-bond donors (Lipinski definition) is 3. The number of ether oxygens (including phenoxy) is 2. The van der Waals surface area contributed by atoms with E-state index in [4.69, 9.17) is 9.47 Å². The molecular formula is C24H42IN5O3. The number of carbonyl (C=O) groups excluding carboxylic acids is 1. The zero-order valence-electron chi connectivity index (χ0n) is 20.8. The van der Waals surface area contributed by atoms with Crippen molar-refractivity contribution in [1.29, 1.82) is 0 Å². The molecule has 0 aromatic heterocycles. The van der Waals surface area contributed by atoms with E-state index in [2.05, 4.69) is 39.7 Å². The molecule has 0 saturated heterocycles. The molecular weight excluding hydrogens is 533 g/mol. The largest absolute Gasteiger partial charge is 0.490 e. The van der Waals surface area contributed by atoms with E-state index in [-0.39, 0.29) is 42.0 Å². The molecule has 0 fully saturated rings. The molecule has 9 heteroatoms. The van der Waals surface area contributed by atoms with Gasteiger partial charge in [-0.25, -0.2) is 4.99 Å². The summed E-state index contributed by atoms with van der Waals surface area (Å²) in [6, 6.07) is 5.74. The van der Waals surface area contributed by atoms with E-state index in [1.807, 2.05) is 39.0 Å². The second kappa shape index (κ2) is 15.2. The third-order valence-electron chi connectivity index (χ3n) is 4.99. The predicted molar refractivity (Wildman–Crippen MR) is 146 cm³/mol. The third-order valence-corrected chi connectivity index (χ3v) is 4.99. The molecule has 1 aliphatic heterocycles.